The molecule has 0 bridgehead atoms. The van der Waals surface area contributed by atoms with Crippen LogP contribution in [0.1, 0.15) is 31.2 Å². The number of sulfonamides is 1. The second-order valence-electron chi connectivity index (χ2n) is 10.4. The largest absolute Gasteiger partial charge is 0.495 e. The number of aliphatic hydroxyl groups is 1. The van der Waals surface area contributed by atoms with Crippen LogP contribution >= 0.6 is 0 Å². The van der Waals surface area contributed by atoms with Crippen molar-refractivity contribution in [1.82, 2.24) is 19.5 Å². The van der Waals surface area contributed by atoms with E-state index in [4.69, 9.17) is 9.84 Å². The lowest BCUT2D eigenvalue weighted by atomic mass is 9.89. The second-order valence-corrected chi connectivity index (χ2v) is 12.4. The lowest BCUT2D eigenvalue weighted by Gasteiger charge is -2.33. The molecule has 5 rings (SSSR count). The van der Waals surface area contributed by atoms with Crippen LogP contribution in [0.5, 0.6) is 5.75 Å². The van der Waals surface area contributed by atoms with Gasteiger partial charge in [-0.15, -0.1) is 5.10 Å². The van der Waals surface area contributed by atoms with E-state index >= 15 is 0 Å². The number of benzene rings is 2. The van der Waals surface area contributed by atoms with Crippen molar-refractivity contribution in [2.75, 3.05) is 49.7 Å². The summed E-state index contributed by atoms with van der Waals surface area (Å²) in [7, 11) is -0.252. The molecular weight excluding hydrogens is 528 g/mol. The molecule has 10 nitrogen and oxygen atoms in total. The first kappa shape index (κ1) is 27.9. The number of rotatable bonds is 9. The molecule has 1 fully saturated rings. The van der Waals surface area contributed by atoms with E-state index in [0.29, 0.717) is 29.8 Å². The highest BCUT2D eigenvalue weighted by atomic mass is 32.2. The van der Waals surface area contributed by atoms with Gasteiger partial charge in [-0.05, 0) is 74.7 Å². The van der Waals surface area contributed by atoms with Gasteiger partial charge in [-0.2, -0.15) is 0 Å². The highest BCUT2D eigenvalue weighted by molar-refractivity contribution is 7.92. The van der Waals surface area contributed by atoms with E-state index in [1.807, 2.05) is 43.3 Å². The third-order valence-corrected chi connectivity index (χ3v) is 8.66. The lowest BCUT2D eigenvalue weighted by molar-refractivity contribution is 0.109. The highest BCUT2D eigenvalue weighted by Crippen LogP contribution is 2.36. The van der Waals surface area contributed by atoms with Crippen molar-refractivity contribution < 1.29 is 18.3 Å². The normalized spacial score (nSPS) is 15.7. The first-order valence-electron chi connectivity index (χ1n) is 13.4. The summed E-state index contributed by atoms with van der Waals surface area (Å²) in [5, 5.41) is 17.7. The number of hydrogen-bond donors (Lipinski definition) is 2. The number of fused-ring (bicyclic) bond motifs is 1. The van der Waals surface area contributed by atoms with Gasteiger partial charge in [0.1, 0.15) is 5.75 Å². The number of β-amino-alcohol motifs (C(OH)–C–C–N with tert-alkyl or cyclic N) is 1. The predicted molar refractivity (Wildman–Crippen MR) is 158 cm³/mol. The van der Waals surface area contributed by atoms with Crippen molar-refractivity contribution in [1.29, 1.82) is 0 Å². The van der Waals surface area contributed by atoms with E-state index < -0.39 is 10.0 Å². The zero-order valence-corrected chi connectivity index (χ0v) is 24.1. The van der Waals surface area contributed by atoms with Gasteiger partial charge in [0.05, 0.1) is 48.3 Å². The van der Waals surface area contributed by atoms with E-state index in [-0.39, 0.29) is 6.10 Å². The average Bonchev–Trinajstić information content (AvgIpc) is 3.35. The fourth-order valence-electron chi connectivity index (χ4n) is 5.31. The summed E-state index contributed by atoms with van der Waals surface area (Å²) >= 11 is 0. The molecule has 0 spiro atoms. The maximum absolute atomic E-state index is 12.3. The zero-order valence-electron chi connectivity index (χ0n) is 23.3. The molecule has 40 heavy (non-hydrogen) atoms. The van der Waals surface area contributed by atoms with E-state index in [1.54, 1.807) is 30.9 Å². The van der Waals surface area contributed by atoms with Crippen LogP contribution in [0, 0.1) is 0 Å². The quantitative estimate of drug-likeness (QED) is 0.313. The van der Waals surface area contributed by atoms with Crippen LogP contribution in [0.3, 0.4) is 0 Å². The molecule has 1 aliphatic heterocycles. The summed E-state index contributed by atoms with van der Waals surface area (Å²) in [5.74, 6) is 1.53. The Balaban J connectivity index is 1.40. The maximum atomic E-state index is 12.3. The minimum Gasteiger partial charge on any atom is -0.495 e. The molecule has 1 atom stereocenters. The molecule has 1 aliphatic rings. The molecule has 0 saturated carbocycles. The standard InChI is InChI=1S/C29H36N6O4S/c1-20(36)19-34-15-13-21(14-16-34)22-9-11-25(28(17-22)39-3)31-29-30-18-23-10-12-27(35(23)32-29)24-7-5-6-8-26(24)33(2)40(4,37)38/h5-12,17-18,20-21,36H,13-16,19H2,1-4H3,(H,31,32)/t20-/m1/s1. The molecule has 0 radical (unpaired) electrons. The number of aliphatic hydroxyl groups excluding tert-OH is 1. The van der Waals surface area contributed by atoms with Crippen molar-refractivity contribution in [3.05, 3.63) is 66.4 Å². The van der Waals surface area contributed by atoms with Crippen molar-refractivity contribution >= 4 is 32.9 Å². The van der Waals surface area contributed by atoms with Gasteiger partial charge < -0.3 is 20.1 Å². The average molecular weight is 565 g/mol. The molecule has 2 N–H and O–H groups in total. The number of anilines is 3. The van der Waals surface area contributed by atoms with Gasteiger partial charge in [-0.3, -0.25) is 4.31 Å². The van der Waals surface area contributed by atoms with Crippen molar-refractivity contribution in [2.24, 2.45) is 0 Å². The summed E-state index contributed by atoms with van der Waals surface area (Å²) < 4.78 is 33.3. The van der Waals surface area contributed by atoms with Gasteiger partial charge >= 0.3 is 0 Å². The second kappa shape index (κ2) is 11.4. The third-order valence-electron chi connectivity index (χ3n) is 7.47. The molecule has 4 aromatic rings. The Bertz CT molecular complexity index is 1600. The van der Waals surface area contributed by atoms with Crippen LogP contribution < -0.4 is 14.4 Å². The van der Waals surface area contributed by atoms with Crippen LogP contribution in [0.15, 0.2) is 60.8 Å². The molecule has 0 amide bonds. The molecule has 0 unspecified atom stereocenters. The van der Waals surface area contributed by atoms with Crippen LogP contribution in [0.25, 0.3) is 16.8 Å². The number of para-hydroxylation sites is 1. The Labute approximate surface area is 235 Å². The van der Waals surface area contributed by atoms with Crippen LogP contribution in [0.2, 0.25) is 0 Å². The van der Waals surface area contributed by atoms with E-state index in [9.17, 15) is 13.5 Å². The van der Waals surface area contributed by atoms with Crippen molar-refractivity contribution in [3.8, 4) is 17.0 Å². The lowest BCUT2D eigenvalue weighted by Crippen LogP contribution is -2.37. The maximum Gasteiger partial charge on any atom is 0.245 e. The smallest absolute Gasteiger partial charge is 0.245 e. The molecule has 3 heterocycles. The minimum atomic E-state index is -3.45. The molecule has 0 aliphatic carbocycles. The monoisotopic (exact) mass is 564 g/mol. The molecule has 2 aromatic heterocycles. The number of methoxy groups -OCH3 is 1. The van der Waals surface area contributed by atoms with Crippen molar-refractivity contribution in [2.45, 2.75) is 31.8 Å². The fraction of sp³-hybridized carbons (Fsp3) is 0.379. The van der Waals surface area contributed by atoms with E-state index in [0.717, 1.165) is 48.4 Å². The number of piperidine rings is 1. The molecule has 2 aromatic carbocycles. The fourth-order valence-corrected chi connectivity index (χ4v) is 5.83. The van der Waals surface area contributed by atoms with E-state index in [2.05, 4.69) is 27.3 Å². The van der Waals surface area contributed by atoms with Gasteiger partial charge in [0.15, 0.2) is 0 Å². The van der Waals surface area contributed by atoms with Gasteiger partial charge in [0.25, 0.3) is 0 Å². The minimum absolute atomic E-state index is 0.311. The van der Waals surface area contributed by atoms with Crippen LogP contribution in [-0.4, -0.2) is 79.2 Å². The molecule has 1 saturated heterocycles. The van der Waals surface area contributed by atoms with Gasteiger partial charge in [-0.1, -0.05) is 24.3 Å². The first-order chi connectivity index (χ1) is 19.1. The van der Waals surface area contributed by atoms with Crippen molar-refractivity contribution in [3.63, 3.8) is 0 Å². The van der Waals surface area contributed by atoms with Crippen LogP contribution in [0.4, 0.5) is 17.3 Å². The Kier molecular flexibility index (Phi) is 7.97. The number of hydrogen-bond acceptors (Lipinski definition) is 8. The number of nitrogens with one attached hydrogen (secondary N) is 1. The molecule has 212 valence electrons. The molecular formula is C29H36N6O4S. The summed E-state index contributed by atoms with van der Waals surface area (Å²) in [6.45, 7) is 4.48. The first-order valence-corrected chi connectivity index (χ1v) is 15.2. The Morgan fingerprint density at radius 3 is 2.60 bits per heavy atom. The summed E-state index contributed by atoms with van der Waals surface area (Å²) in [6, 6.07) is 17.3. The topological polar surface area (TPSA) is 112 Å². The Hall–Kier alpha value is -3.67. The van der Waals surface area contributed by atoms with Gasteiger partial charge in [-0.25, -0.2) is 17.9 Å². The van der Waals surface area contributed by atoms with E-state index in [1.165, 1.54) is 16.1 Å². The Morgan fingerprint density at radius 1 is 1.15 bits per heavy atom. The summed E-state index contributed by atoms with van der Waals surface area (Å²) in [5.41, 5.74) is 4.81. The summed E-state index contributed by atoms with van der Waals surface area (Å²) in [4.78, 5) is 6.81. The molecule has 11 heteroatoms. The summed E-state index contributed by atoms with van der Waals surface area (Å²) in [6.07, 6.45) is 4.67. The zero-order chi connectivity index (χ0) is 28.4. The van der Waals surface area contributed by atoms with Gasteiger partial charge in [0, 0.05) is 19.2 Å². The van der Waals surface area contributed by atoms with Crippen LogP contribution in [-0.2, 0) is 10.0 Å². The third kappa shape index (κ3) is 5.91. The van der Waals surface area contributed by atoms with Gasteiger partial charge in [0.2, 0.25) is 16.0 Å². The number of likely N-dealkylation sites (tertiary alicyclic amines) is 1. The SMILES string of the molecule is COc1cc(C2CCN(C[C@@H](C)O)CC2)ccc1Nc1ncc2ccc(-c3ccccc3N(C)S(C)(=O)=O)n2n1. The number of ether oxygens (including phenoxy) is 1. The number of aromatic nitrogens is 3. The highest BCUT2D eigenvalue weighted by Gasteiger charge is 2.23. The number of nitrogens with zero attached hydrogens (tertiary/aromatic N) is 5. The Morgan fingerprint density at radius 2 is 1.90 bits per heavy atom. The predicted octanol–water partition coefficient (Wildman–Crippen LogP) is 4.10.